The summed E-state index contributed by atoms with van der Waals surface area (Å²) in [6.45, 7) is 0.850. The number of nitrogens with two attached hydrogens (primary N) is 1. The lowest BCUT2D eigenvalue weighted by molar-refractivity contribution is 0.0923. The second-order valence-electron chi connectivity index (χ2n) is 5.19. The van der Waals surface area contributed by atoms with E-state index in [1.165, 1.54) is 6.07 Å². The number of rotatable bonds is 4. The predicted octanol–water partition coefficient (Wildman–Crippen LogP) is 2.21. The highest BCUT2D eigenvalue weighted by Gasteiger charge is 2.33. The van der Waals surface area contributed by atoms with E-state index in [-0.39, 0.29) is 5.41 Å². The molecule has 2 rings (SSSR count). The van der Waals surface area contributed by atoms with Gasteiger partial charge in [-0.2, -0.15) is 0 Å². The Bertz CT molecular complexity index is 450. The van der Waals surface area contributed by atoms with Gasteiger partial charge >= 0.3 is 0 Å². The Morgan fingerprint density at radius 2 is 1.84 bits per heavy atom. The van der Waals surface area contributed by atoms with Gasteiger partial charge in [0.25, 0.3) is 5.91 Å². The van der Waals surface area contributed by atoms with Gasteiger partial charge in [0.15, 0.2) is 0 Å². The first-order valence-corrected chi connectivity index (χ1v) is 6.50. The Hall–Kier alpha value is -1.49. The summed E-state index contributed by atoms with van der Waals surface area (Å²) in [4.78, 5) is 11.9. The summed E-state index contributed by atoms with van der Waals surface area (Å²) >= 11 is 0. The average molecular weight is 268 g/mol. The van der Waals surface area contributed by atoms with Crippen molar-refractivity contribution in [3.8, 4) is 0 Å². The van der Waals surface area contributed by atoms with Gasteiger partial charge in [-0.15, -0.1) is 0 Å². The van der Waals surface area contributed by atoms with E-state index in [1.807, 2.05) is 0 Å². The largest absolute Gasteiger partial charge is 0.351 e. The van der Waals surface area contributed by atoms with E-state index in [1.54, 1.807) is 0 Å². The van der Waals surface area contributed by atoms with E-state index in [2.05, 4.69) is 5.32 Å². The molecule has 0 atom stereocenters. The zero-order valence-electron chi connectivity index (χ0n) is 10.7. The first-order chi connectivity index (χ1) is 9.08. The van der Waals surface area contributed by atoms with E-state index in [0.29, 0.717) is 13.1 Å². The summed E-state index contributed by atoms with van der Waals surface area (Å²) in [5.41, 5.74) is 5.12. The third-order valence-electron chi connectivity index (χ3n) is 3.91. The standard InChI is InChI=1S/C14H18F2N2O/c15-10-4-3-5-11(16)12(10)13(19)18-9-14(8-17)6-1-2-7-14/h3-5H,1-2,6-9,17H2,(H,18,19). The van der Waals surface area contributed by atoms with Crippen LogP contribution in [0.25, 0.3) is 0 Å². The molecule has 1 fully saturated rings. The Kier molecular flexibility index (Phi) is 4.14. The fourth-order valence-corrected chi connectivity index (χ4v) is 2.65. The molecule has 0 aliphatic heterocycles. The van der Waals surface area contributed by atoms with Gasteiger partial charge in [-0.05, 0) is 36.9 Å². The van der Waals surface area contributed by atoms with Gasteiger partial charge in [-0.3, -0.25) is 4.79 Å². The molecule has 1 aromatic rings. The van der Waals surface area contributed by atoms with Crippen molar-refractivity contribution in [2.75, 3.05) is 13.1 Å². The lowest BCUT2D eigenvalue weighted by Gasteiger charge is -2.27. The second kappa shape index (κ2) is 5.65. The topological polar surface area (TPSA) is 55.1 Å². The van der Waals surface area contributed by atoms with Crippen molar-refractivity contribution in [1.82, 2.24) is 5.32 Å². The highest BCUT2D eigenvalue weighted by atomic mass is 19.1. The minimum absolute atomic E-state index is 0.114. The Balaban J connectivity index is 2.05. The predicted molar refractivity (Wildman–Crippen MR) is 68.6 cm³/mol. The molecule has 0 saturated heterocycles. The molecule has 0 unspecified atom stereocenters. The average Bonchev–Trinajstić information content (AvgIpc) is 2.86. The highest BCUT2D eigenvalue weighted by Crippen LogP contribution is 2.36. The van der Waals surface area contributed by atoms with Crippen LogP contribution in [0.3, 0.4) is 0 Å². The van der Waals surface area contributed by atoms with Crippen molar-refractivity contribution in [2.45, 2.75) is 25.7 Å². The van der Waals surface area contributed by atoms with Gasteiger partial charge in [0.05, 0.1) is 0 Å². The summed E-state index contributed by atoms with van der Waals surface area (Å²) in [5, 5.41) is 2.62. The van der Waals surface area contributed by atoms with Crippen LogP contribution in [0.15, 0.2) is 18.2 Å². The highest BCUT2D eigenvalue weighted by molar-refractivity contribution is 5.94. The van der Waals surface area contributed by atoms with Crippen LogP contribution in [-0.4, -0.2) is 19.0 Å². The Morgan fingerprint density at radius 3 is 2.37 bits per heavy atom. The number of hydrogen-bond donors (Lipinski definition) is 2. The quantitative estimate of drug-likeness (QED) is 0.879. The number of amides is 1. The molecule has 1 amide bonds. The van der Waals surface area contributed by atoms with Crippen molar-refractivity contribution in [1.29, 1.82) is 0 Å². The fourth-order valence-electron chi connectivity index (χ4n) is 2.65. The first-order valence-electron chi connectivity index (χ1n) is 6.50. The summed E-state index contributed by atoms with van der Waals surface area (Å²) in [6, 6.07) is 3.39. The van der Waals surface area contributed by atoms with E-state index < -0.39 is 23.1 Å². The maximum atomic E-state index is 13.5. The van der Waals surface area contributed by atoms with Gasteiger partial charge < -0.3 is 11.1 Å². The maximum absolute atomic E-state index is 13.5. The van der Waals surface area contributed by atoms with Crippen LogP contribution >= 0.6 is 0 Å². The molecule has 5 heteroatoms. The number of halogens is 2. The zero-order chi connectivity index (χ0) is 13.9. The second-order valence-corrected chi connectivity index (χ2v) is 5.19. The summed E-state index contributed by atoms with van der Waals surface area (Å²) in [6.07, 6.45) is 4.06. The number of nitrogens with one attached hydrogen (secondary N) is 1. The van der Waals surface area contributed by atoms with Crippen molar-refractivity contribution in [3.05, 3.63) is 35.4 Å². The van der Waals surface area contributed by atoms with Crippen LogP contribution in [0.2, 0.25) is 0 Å². The minimum Gasteiger partial charge on any atom is -0.351 e. The Labute approximate surface area is 111 Å². The minimum atomic E-state index is -0.842. The fraction of sp³-hybridized carbons (Fsp3) is 0.500. The van der Waals surface area contributed by atoms with Crippen LogP contribution in [0, 0.1) is 17.0 Å². The van der Waals surface area contributed by atoms with E-state index in [0.717, 1.165) is 37.8 Å². The SMILES string of the molecule is NCC1(CNC(=O)c2c(F)cccc2F)CCCC1. The number of hydrogen-bond acceptors (Lipinski definition) is 2. The molecule has 0 aromatic heterocycles. The monoisotopic (exact) mass is 268 g/mol. The number of carbonyl (C=O) groups excluding carboxylic acids is 1. The van der Waals surface area contributed by atoms with E-state index >= 15 is 0 Å². The number of carbonyl (C=O) groups is 1. The molecule has 3 nitrogen and oxygen atoms in total. The van der Waals surface area contributed by atoms with Crippen LogP contribution in [0.4, 0.5) is 8.78 Å². The van der Waals surface area contributed by atoms with Gasteiger partial charge in [0, 0.05) is 6.54 Å². The molecule has 1 aliphatic carbocycles. The van der Waals surface area contributed by atoms with Crippen molar-refractivity contribution < 1.29 is 13.6 Å². The van der Waals surface area contributed by atoms with Gasteiger partial charge in [-0.25, -0.2) is 8.78 Å². The summed E-state index contributed by atoms with van der Waals surface area (Å²) in [7, 11) is 0. The Morgan fingerprint density at radius 1 is 1.26 bits per heavy atom. The van der Waals surface area contributed by atoms with Crippen LogP contribution in [0.5, 0.6) is 0 Å². The summed E-state index contributed by atoms with van der Waals surface area (Å²) < 4.78 is 26.9. The molecular formula is C14H18F2N2O. The van der Waals surface area contributed by atoms with Crippen LogP contribution in [-0.2, 0) is 0 Å². The molecule has 104 valence electrons. The summed E-state index contributed by atoms with van der Waals surface area (Å²) in [5.74, 6) is -2.40. The molecule has 0 radical (unpaired) electrons. The van der Waals surface area contributed by atoms with Gasteiger partial charge in [0.1, 0.15) is 17.2 Å². The molecule has 0 bridgehead atoms. The van der Waals surface area contributed by atoms with Crippen molar-refractivity contribution >= 4 is 5.91 Å². The number of benzene rings is 1. The zero-order valence-corrected chi connectivity index (χ0v) is 10.7. The molecular weight excluding hydrogens is 250 g/mol. The molecule has 1 aromatic carbocycles. The smallest absolute Gasteiger partial charge is 0.257 e. The molecule has 0 spiro atoms. The molecule has 0 heterocycles. The van der Waals surface area contributed by atoms with Crippen molar-refractivity contribution in [3.63, 3.8) is 0 Å². The van der Waals surface area contributed by atoms with E-state index in [4.69, 9.17) is 5.73 Å². The van der Waals surface area contributed by atoms with Gasteiger partial charge in [-0.1, -0.05) is 18.9 Å². The molecule has 1 aliphatic rings. The third-order valence-corrected chi connectivity index (χ3v) is 3.91. The van der Waals surface area contributed by atoms with Crippen LogP contribution < -0.4 is 11.1 Å². The lowest BCUT2D eigenvalue weighted by Crippen LogP contribution is -2.41. The normalized spacial score (nSPS) is 17.4. The van der Waals surface area contributed by atoms with Crippen LogP contribution in [0.1, 0.15) is 36.0 Å². The molecule has 1 saturated carbocycles. The lowest BCUT2D eigenvalue weighted by atomic mass is 9.86. The first kappa shape index (κ1) is 13.9. The molecule has 19 heavy (non-hydrogen) atoms. The van der Waals surface area contributed by atoms with Crippen molar-refractivity contribution in [2.24, 2.45) is 11.1 Å². The van der Waals surface area contributed by atoms with E-state index in [9.17, 15) is 13.6 Å². The maximum Gasteiger partial charge on any atom is 0.257 e. The molecule has 3 N–H and O–H groups in total. The van der Waals surface area contributed by atoms with Gasteiger partial charge in [0.2, 0.25) is 0 Å². The third kappa shape index (κ3) is 2.92.